The quantitative estimate of drug-likeness (QED) is 0.771. The molecule has 1 atom stereocenters. The molecule has 5 heteroatoms. The van der Waals surface area contributed by atoms with Gasteiger partial charge in [-0.15, -0.1) is 11.3 Å². The molecule has 1 amide bonds. The van der Waals surface area contributed by atoms with Crippen LogP contribution in [0, 0.1) is 12.8 Å². The fraction of sp³-hybridized carbons (Fsp3) is 0.538. The van der Waals surface area contributed by atoms with Gasteiger partial charge in [-0.25, -0.2) is 4.98 Å². The van der Waals surface area contributed by atoms with E-state index in [2.05, 4.69) is 10.3 Å². The number of aliphatic hydroxyl groups is 1. The molecule has 1 heterocycles. The van der Waals surface area contributed by atoms with Gasteiger partial charge in [0.1, 0.15) is 0 Å². The Morgan fingerprint density at radius 3 is 3.06 bits per heavy atom. The molecule has 1 aromatic heterocycles. The molecule has 2 rings (SSSR count). The van der Waals surface area contributed by atoms with E-state index in [1.54, 1.807) is 17.4 Å². The number of hydrogen-bond acceptors (Lipinski definition) is 4. The highest BCUT2D eigenvalue weighted by Crippen LogP contribution is 2.33. The normalized spacial score (nSPS) is 17.0. The number of aryl methyl sites for hydroxylation is 1. The van der Waals surface area contributed by atoms with E-state index >= 15 is 0 Å². The number of hydrogen-bond donors (Lipinski definition) is 2. The zero-order valence-corrected chi connectivity index (χ0v) is 11.2. The van der Waals surface area contributed by atoms with E-state index in [0.29, 0.717) is 12.3 Å². The highest BCUT2D eigenvalue weighted by Gasteiger charge is 2.31. The van der Waals surface area contributed by atoms with Crippen LogP contribution in [-0.2, 0) is 4.79 Å². The number of rotatable bonds is 6. The van der Waals surface area contributed by atoms with Gasteiger partial charge < -0.3 is 10.4 Å². The number of nitrogens with zero attached hydrogens (tertiary/aromatic N) is 1. The summed E-state index contributed by atoms with van der Waals surface area (Å²) in [5.74, 6) is 0.446. The maximum absolute atomic E-state index is 11.7. The highest BCUT2D eigenvalue weighted by molar-refractivity contribution is 7.09. The van der Waals surface area contributed by atoms with Gasteiger partial charge in [0.25, 0.3) is 0 Å². The monoisotopic (exact) mass is 266 g/mol. The van der Waals surface area contributed by atoms with Crippen LogP contribution in [0.2, 0.25) is 0 Å². The summed E-state index contributed by atoms with van der Waals surface area (Å²) in [5.41, 5.74) is 0.817. The number of carbonyl (C=O) groups is 1. The Kier molecular flexibility index (Phi) is 4.49. The number of aromatic nitrogens is 1. The lowest BCUT2D eigenvalue weighted by atomic mass is 10.1. The number of thiazole rings is 1. The number of amides is 1. The van der Waals surface area contributed by atoms with Crippen molar-refractivity contribution in [1.82, 2.24) is 10.3 Å². The summed E-state index contributed by atoms with van der Waals surface area (Å²) < 4.78 is 0. The average Bonchev–Trinajstić information content (AvgIpc) is 3.10. The molecule has 1 unspecified atom stereocenters. The third kappa shape index (κ3) is 3.92. The standard InChI is InChI=1S/C13H18N2O2S/c1-9-14-11(8-18-9)4-5-13(17)15-12(6-7-16)10-2-3-10/h4-5,8,10,12,16H,2-3,6-7H2,1H3,(H,15,17)/b5-4+. The molecule has 0 saturated heterocycles. The summed E-state index contributed by atoms with van der Waals surface area (Å²) in [6, 6.07) is 0.115. The van der Waals surface area contributed by atoms with Crippen LogP contribution in [0.25, 0.3) is 6.08 Å². The van der Waals surface area contributed by atoms with Crippen molar-refractivity contribution in [2.45, 2.75) is 32.2 Å². The van der Waals surface area contributed by atoms with Crippen molar-refractivity contribution in [3.8, 4) is 0 Å². The Morgan fingerprint density at radius 1 is 1.72 bits per heavy atom. The molecule has 0 bridgehead atoms. The summed E-state index contributed by atoms with van der Waals surface area (Å²) in [4.78, 5) is 16.0. The number of aliphatic hydroxyl groups excluding tert-OH is 1. The van der Waals surface area contributed by atoms with Gasteiger partial charge in [-0.2, -0.15) is 0 Å². The molecule has 2 N–H and O–H groups in total. The smallest absolute Gasteiger partial charge is 0.244 e. The van der Waals surface area contributed by atoms with E-state index in [1.807, 2.05) is 12.3 Å². The Balaban J connectivity index is 1.85. The van der Waals surface area contributed by atoms with Crippen molar-refractivity contribution in [2.75, 3.05) is 6.61 Å². The van der Waals surface area contributed by atoms with Gasteiger partial charge in [0, 0.05) is 24.1 Å². The van der Waals surface area contributed by atoms with Gasteiger partial charge in [-0.3, -0.25) is 4.79 Å². The molecule has 0 spiro atoms. The lowest BCUT2D eigenvalue weighted by Gasteiger charge is -2.15. The zero-order valence-electron chi connectivity index (χ0n) is 10.4. The average molecular weight is 266 g/mol. The van der Waals surface area contributed by atoms with E-state index in [1.165, 1.54) is 6.08 Å². The topological polar surface area (TPSA) is 62.2 Å². The molecule has 1 aliphatic rings. The van der Waals surface area contributed by atoms with Gasteiger partial charge in [0.2, 0.25) is 5.91 Å². The minimum atomic E-state index is -0.106. The van der Waals surface area contributed by atoms with Crippen molar-refractivity contribution in [2.24, 2.45) is 5.92 Å². The second-order valence-corrected chi connectivity index (χ2v) is 5.65. The minimum Gasteiger partial charge on any atom is -0.396 e. The summed E-state index contributed by atoms with van der Waals surface area (Å²) in [7, 11) is 0. The largest absolute Gasteiger partial charge is 0.396 e. The van der Waals surface area contributed by atoms with Gasteiger partial charge in [0.05, 0.1) is 10.7 Å². The van der Waals surface area contributed by atoms with Gasteiger partial charge in [0.15, 0.2) is 0 Å². The molecule has 0 aliphatic heterocycles. The van der Waals surface area contributed by atoms with Gasteiger partial charge in [-0.05, 0) is 38.2 Å². The van der Waals surface area contributed by atoms with Crippen LogP contribution in [0.3, 0.4) is 0 Å². The van der Waals surface area contributed by atoms with Crippen LogP contribution < -0.4 is 5.32 Å². The highest BCUT2D eigenvalue weighted by atomic mass is 32.1. The van der Waals surface area contributed by atoms with Crippen LogP contribution in [0.1, 0.15) is 30.0 Å². The first-order valence-electron chi connectivity index (χ1n) is 6.20. The molecule has 1 fully saturated rings. The second-order valence-electron chi connectivity index (χ2n) is 4.59. The van der Waals surface area contributed by atoms with Crippen LogP contribution >= 0.6 is 11.3 Å². The predicted octanol–water partition coefficient (Wildman–Crippen LogP) is 1.74. The Labute approximate surface area is 111 Å². The summed E-state index contributed by atoms with van der Waals surface area (Å²) >= 11 is 1.57. The first kappa shape index (κ1) is 13.2. The second kappa shape index (κ2) is 6.11. The van der Waals surface area contributed by atoms with Crippen molar-refractivity contribution < 1.29 is 9.90 Å². The SMILES string of the molecule is Cc1nc(/C=C/C(=O)NC(CCO)C2CC2)cs1. The summed E-state index contributed by atoms with van der Waals surface area (Å²) in [6.45, 7) is 2.06. The Morgan fingerprint density at radius 2 is 2.50 bits per heavy atom. The molecular formula is C13H18N2O2S. The third-order valence-electron chi connectivity index (χ3n) is 3.00. The van der Waals surface area contributed by atoms with Crippen molar-refractivity contribution in [1.29, 1.82) is 0 Å². The van der Waals surface area contributed by atoms with Crippen molar-refractivity contribution in [3.05, 3.63) is 22.2 Å². The molecule has 98 valence electrons. The molecule has 0 aromatic carbocycles. The van der Waals surface area contributed by atoms with Gasteiger partial charge >= 0.3 is 0 Å². The first-order valence-corrected chi connectivity index (χ1v) is 7.08. The van der Waals surface area contributed by atoms with Crippen molar-refractivity contribution in [3.63, 3.8) is 0 Å². The maximum atomic E-state index is 11.7. The molecule has 1 aromatic rings. The van der Waals surface area contributed by atoms with Crippen LogP contribution in [-0.4, -0.2) is 28.6 Å². The molecule has 0 radical (unpaired) electrons. The molecule has 1 saturated carbocycles. The number of nitrogens with one attached hydrogen (secondary N) is 1. The Hall–Kier alpha value is -1.20. The lowest BCUT2D eigenvalue weighted by molar-refractivity contribution is -0.117. The zero-order chi connectivity index (χ0) is 13.0. The minimum absolute atomic E-state index is 0.106. The Bertz CT molecular complexity index is 438. The fourth-order valence-electron chi connectivity index (χ4n) is 1.91. The fourth-order valence-corrected chi connectivity index (χ4v) is 2.49. The third-order valence-corrected chi connectivity index (χ3v) is 3.79. The van der Waals surface area contributed by atoms with E-state index in [4.69, 9.17) is 5.11 Å². The molecule has 1 aliphatic carbocycles. The lowest BCUT2D eigenvalue weighted by Crippen LogP contribution is -2.36. The van der Waals surface area contributed by atoms with E-state index < -0.39 is 0 Å². The van der Waals surface area contributed by atoms with Crippen LogP contribution in [0.15, 0.2) is 11.5 Å². The maximum Gasteiger partial charge on any atom is 0.244 e. The molecule has 18 heavy (non-hydrogen) atoms. The predicted molar refractivity (Wildman–Crippen MR) is 72.2 cm³/mol. The van der Waals surface area contributed by atoms with Gasteiger partial charge in [-0.1, -0.05) is 0 Å². The van der Waals surface area contributed by atoms with Crippen LogP contribution in [0.5, 0.6) is 0 Å². The van der Waals surface area contributed by atoms with E-state index in [-0.39, 0.29) is 18.6 Å². The van der Waals surface area contributed by atoms with Crippen molar-refractivity contribution >= 4 is 23.3 Å². The summed E-state index contributed by atoms with van der Waals surface area (Å²) in [6.07, 6.45) is 6.18. The summed E-state index contributed by atoms with van der Waals surface area (Å²) in [5, 5.41) is 14.8. The number of carbonyl (C=O) groups excluding carboxylic acids is 1. The van der Waals surface area contributed by atoms with E-state index in [0.717, 1.165) is 23.5 Å². The van der Waals surface area contributed by atoms with E-state index in [9.17, 15) is 4.79 Å². The first-order chi connectivity index (χ1) is 8.69. The van der Waals surface area contributed by atoms with Crippen LogP contribution in [0.4, 0.5) is 0 Å². The molecular weight excluding hydrogens is 248 g/mol. The molecule has 4 nitrogen and oxygen atoms in total.